The zero-order valence-electron chi connectivity index (χ0n) is 13.4. The number of ether oxygens (including phenoxy) is 1. The van der Waals surface area contributed by atoms with Gasteiger partial charge in [0.2, 0.25) is 5.76 Å². The van der Waals surface area contributed by atoms with Gasteiger partial charge in [-0.05, 0) is 11.5 Å². The standard InChI is InChI=1S/C17H20N2O4/c1-11(2)13-10-15(23-19-13)16(20)18-14(17(21)22-3)9-12-7-5-4-6-8-12/h4-8,10-11,14H,9H2,1-3H3,(H,18,20)/t14-/m0/s1. The number of hydrogen-bond acceptors (Lipinski definition) is 5. The summed E-state index contributed by atoms with van der Waals surface area (Å²) in [6.45, 7) is 3.90. The van der Waals surface area contributed by atoms with E-state index in [1.807, 2.05) is 44.2 Å². The molecule has 0 aliphatic heterocycles. The van der Waals surface area contributed by atoms with E-state index in [9.17, 15) is 9.59 Å². The van der Waals surface area contributed by atoms with Gasteiger partial charge in [-0.15, -0.1) is 0 Å². The minimum Gasteiger partial charge on any atom is -0.467 e. The summed E-state index contributed by atoms with van der Waals surface area (Å²) in [7, 11) is 1.29. The van der Waals surface area contributed by atoms with Gasteiger partial charge in [0, 0.05) is 12.5 Å². The predicted octanol–water partition coefficient (Wildman–Crippen LogP) is 2.31. The van der Waals surface area contributed by atoms with Gasteiger partial charge in [0.25, 0.3) is 5.91 Å². The van der Waals surface area contributed by atoms with E-state index in [1.165, 1.54) is 7.11 Å². The fourth-order valence-corrected chi connectivity index (χ4v) is 2.08. The van der Waals surface area contributed by atoms with Crippen LogP contribution in [0, 0.1) is 0 Å². The molecule has 122 valence electrons. The van der Waals surface area contributed by atoms with Crippen molar-refractivity contribution in [2.75, 3.05) is 7.11 Å². The van der Waals surface area contributed by atoms with E-state index in [0.29, 0.717) is 12.1 Å². The van der Waals surface area contributed by atoms with Crippen molar-refractivity contribution in [3.05, 3.63) is 53.4 Å². The number of hydrogen-bond donors (Lipinski definition) is 1. The van der Waals surface area contributed by atoms with Crippen LogP contribution >= 0.6 is 0 Å². The SMILES string of the molecule is COC(=O)[C@H](Cc1ccccc1)NC(=O)c1cc(C(C)C)no1. The number of esters is 1. The summed E-state index contributed by atoms with van der Waals surface area (Å²) in [5.74, 6) is -0.766. The lowest BCUT2D eigenvalue weighted by Gasteiger charge is -2.15. The molecule has 0 unspecified atom stereocenters. The quantitative estimate of drug-likeness (QED) is 0.827. The monoisotopic (exact) mass is 316 g/mol. The maximum absolute atomic E-state index is 12.2. The third-order valence-electron chi connectivity index (χ3n) is 3.42. The van der Waals surface area contributed by atoms with Crippen LogP contribution in [0.25, 0.3) is 0 Å². The van der Waals surface area contributed by atoms with Gasteiger partial charge in [-0.2, -0.15) is 0 Å². The first-order valence-electron chi connectivity index (χ1n) is 7.40. The van der Waals surface area contributed by atoms with Crippen molar-refractivity contribution in [3.8, 4) is 0 Å². The van der Waals surface area contributed by atoms with Gasteiger partial charge in [-0.3, -0.25) is 4.79 Å². The molecule has 0 aliphatic carbocycles. The molecule has 2 rings (SSSR count). The first-order valence-corrected chi connectivity index (χ1v) is 7.40. The van der Waals surface area contributed by atoms with Crippen molar-refractivity contribution in [3.63, 3.8) is 0 Å². The Morgan fingerprint density at radius 2 is 1.96 bits per heavy atom. The van der Waals surface area contributed by atoms with E-state index < -0.39 is 17.9 Å². The highest BCUT2D eigenvalue weighted by atomic mass is 16.5. The number of amides is 1. The molecule has 6 heteroatoms. The van der Waals surface area contributed by atoms with Crippen LogP contribution in [-0.2, 0) is 16.0 Å². The molecule has 1 heterocycles. The highest BCUT2D eigenvalue weighted by Gasteiger charge is 2.24. The Kier molecular flexibility index (Phi) is 5.51. The van der Waals surface area contributed by atoms with Crippen LogP contribution in [0.3, 0.4) is 0 Å². The number of rotatable bonds is 6. The van der Waals surface area contributed by atoms with Gasteiger partial charge in [0.15, 0.2) is 0 Å². The maximum atomic E-state index is 12.2. The number of carbonyl (C=O) groups excluding carboxylic acids is 2. The zero-order valence-corrected chi connectivity index (χ0v) is 13.4. The van der Waals surface area contributed by atoms with Gasteiger partial charge in [0.05, 0.1) is 12.8 Å². The Bertz CT molecular complexity index is 664. The second-order valence-corrected chi connectivity index (χ2v) is 5.51. The smallest absolute Gasteiger partial charge is 0.328 e. The van der Waals surface area contributed by atoms with Gasteiger partial charge >= 0.3 is 5.97 Å². The van der Waals surface area contributed by atoms with Crippen molar-refractivity contribution in [1.29, 1.82) is 0 Å². The third-order valence-corrected chi connectivity index (χ3v) is 3.42. The number of nitrogens with zero attached hydrogens (tertiary/aromatic N) is 1. The fourth-order valence-electron chi connectivity index (χ4n) is 2.08. The molecule has 0 fully saturated rings. The van der Waals surface area contributed by atoms with Crippen LogP contribution in [0.5, 0.6) is 0 Å². The lowest BCUT2D eigenvalue weighted by Crippen LogP contribution is -2.43. The van der Waals surface area contributed by atoms with Crippen LogP contribution in [0.1, 0.15) is 41.6 Å². The Labute approximate surface area is 134 Å². The molecular weight excluding hydrogens is 296 g/mol. The molecule has 1 N–H and O–H groups in total. The minimum atomic E-state index is -0.789. The van der Waals surface area contributed by atoms with Gasteiger partial charge in [-0.25, -0.2) is 4.79 Å². The molecule has 0 bridgehead atoms. The molecular formula is C17H20N2O4. The fraction of sp³-hybridized carbons (Fsp3) is 0.353. The third kappa shape index (κ3) is 4.42. The molecule has 23 heavy (non-hydrogen) atoms. The van der Waals surface area contributed by atoms with E-state index in [0.717, 1.165) is 5.56 Å². The topological polar surface area (TPSA) is 81.4 Å². The summed E-state index contributed by atoms with van der Waals surface area (Å²) in [5, 5.41) is 6.48. The summed E-state index contributed by atoms with van der Waals surface area (Å²) in [6, 6.07) is 10.2. The van der Waals surface area contributed by atoms with Crippen molar-refractivity contribution < 1.29 is 18.8 Å². The predicted molar refractivity (Wildman–Crippen MR) is 84.0 cm³/mol. The molecule has 6 nitrogen and oxygen atoms in total. The summed E-state index contributed by atoms with van der Waals surface area (Å²) in [4.78, 5) is 24.2. The molecule has 1 atom stereocenters. The van der Waals surface area contributed by atoms with Crippen molar-refractivity contribution in [1.82, 2.24) is 10.5 Å². The maximum Gasteiger partial charge on any atom is 0.328 e. The molecule has 0 spiro atoms. The molecule has 1 amide bonds. The number of benzene rings is 1. The van der Waals surface area contributed by atoms with Crippen molar-refractivity contribution >= 4 is 11.9 Å². The van der Waals surface area contributed by atoms with E-state index >= 15 is 0 Å². The van der Waals surface area contributed by atoms with E-state index in [4.69, 9.17) is 9.26 Å². The van der Waals surface area contributed by atoms with Crippen LogP contribution in [0.4, 0.5) is 0 Å². The first kappa shape index (κ1) is 16.7. The lowest BCUT2D eigenvalue weighted by atomic mass is 10.1. The Hall–Kier alpha value is -2.63. The van der Waals surface area contributed by atoms with E-state index in [-0.39, 0.29) is 11.7 Å². The first-order chi connectivity index (χ1) is 11.0. The largest absolute Gasteiger partial charge is 0.467 e. The van der Waals surface area contributed by atoms with E-state index in [2.05, 4.69) is 10.5 Å². The Balaban J connectivity index is 2.10. The average molecular weight is 316 g/mol. The summed E-state index contributed by atoms with van der Waals surface area (Å²) >= 11 is 0. The average Bonchev–Trinajstić information content (AvgIpc) is 3.05. The molecule has 2 aromatic rings. The Morgan fingerprint density at radius 1 is 1.26 bits per heavy atom. The van der Waals surface area contributed by atoms with Gasteiger partial charge in [-0.1, -0.05) is 49.3 Å². The number of methoxy groups -OCH3 is 1. The molecule has 1 aromatic carbocycles. The van der Waals surface area contributed by atoms with Gasteiger partial charge in [0.1, 0.15) is 6.04 Å². The summed E-state index contributed by atoms with van der Waals surface area (Å²) < 4.78 is 9.80. The highest BCUT2D eigenvalue weighted by Crippen LogP contribution is 2.14. The summed E-state index contributed by atoms with van der Waals surface area (Å²) in [6.07, 6.45) is 0.338. The van der Waals surface area contributed by atoms with Crippen LogP contribution < -0.4 is 5.32 Å². The van der Waals surface area contributed by atoms with Gasteiger partial charge < -0.3 is 14.6 Å². The number of nitrogens with one attached hydrogen (secondary N) is 1. The Morgan fingerprint density at radius 3 is 2.52 bits per heavy atom. The molecule has 0 aliphatic rings. The zero-order chi connectivity index (χ0) is 16.8. The molecule has 1 aromatic heterocycles. The number of aromatic nitrogens is 1. The van der Waals surface area contributed by atoms with Crippen molar-refractivity contribution in [2.24, 2.45) is 0 Å². The lowest BCUT2D eigenvalue weighted by molar-refractivity contribution is -0.142. The number of carbonyl (C=O) groups is 2. The van der Waals surface area contributed by atoms with E-state index in [1.54, 1.807) is 6.07 Å². The second-order valence-electron chi connectivity index (χ2n) is 5.51. The molecule has 0 saturated heterocycles. The highest BCUT2D eigenvalue weighted by molar-refractivity contribution is 5.94. The van der Waals surface area contributed by atoms with Crippen LogP contribution in [-0.4, -0.2) is 30.2 Å². The van der Waals surface area contributed by atoms with Crippen LogP contribution in [0.15, 0.2) is 40.9 Å². The summed E-state index contributed by atoms with van der Waals surface area (Å²) in [5.41, 5.74) is 1.61. The molecule has 0 saturated carbocycles. The van der Waals surface area contributed by atoms with Crippen LogP contribution in [0.2, 0.25) is 0 Å². The normalized spacial score (nSPS) is 12.0. The van der Waals surface area contributed by atoms with Crippen molar-refractivity contribution in [2.45, 2.75) is 32.2 Å². The minimum absolute atomic E-state index is 0.0793. The molecule has 0 radical (unpaired) electrons. The second kappa shape index (κ2) is 7.58.